The second kappa shape index (κ2) is 7.38. The van der Waals surface area contributed by atoms with Crippen molar-refractivity contribution in [3.05, 3.63) is 0 Å². The number of nitrogens with one attached hydrogen (secondary N) is 1. The second-order valence-electron chi connectivity index (χ2n) is 6.18. The Labute approximate surface area is 108 Å². The molecule has 17 heavy (non-hydrogen) atoms. The average Bonchev–Trinajstić information content (AvgIpc) is 2.35. The fourth-order valence-electron chi connectivity index (χ4n) is 2.67. The molecule has 2 heteroatoms. The SMILES string of the molecule is CCC(C)NCC(C)N1CCC(C(C)C)CC1. The van der Waals surface area contributed by atoms with Crippen molar-refractivity contribution in [2.75, 3.05) is 19.6 Å². The van der Waals surface area contributed by atoms with Crippen LogP contribution in [-0.4, -0.2) is 36.6 Å². The first-order chi connectivity index (χ1) is 8.04. The van der Waals surface area contributed by atoms with Crippen LogP contribution in [0.5, 0.6) is 0 Å². The molecule has 1 saturated heterocycles. The summed E-state index contributed by atoms with van der Waals surface area (Å²) in [5.74, 6) is 1.83. The van der Waals surface area contributed by atoms with Gasteiger partial charge in [0.15, 0.2) is 0 Å². The van der Waals surface area contributed by atoms with Crippen molar-refractivity contribution in [3.63, 3.8) is 0 Å². The molecule has 2 nitrogen and oxygen atoms in total. The van der Waals surface area contributed by atoms with Crippen LogP contribution in [-0.2, 0) is 0 Å². The summed E-state index contributed by atoms with van der Waals surface area (Å²) in [7, 11) is 0. The van der Waals surface area contributed by atoms with Crippen LogP contribution in [0.25, 0.3) is 0 Å². The van der Waals surface area contributed by atoms with E-state index in [1.54, 1.807) is 0 Å². The minimum absolute atomic E-state index is 0.658. The highest BCUT2D eigenvalue weighted by Crippen LogP contribution is 2.25. The number of nitrogens with zero attached hydrogens (tertiary/aromatic N) is 1. The highest BCUT2D eigenvalue weighted by molar-refractivity contribution is 4.79. The minimum Gasteiger partial charge on any atom is -0.313 e. The van der Waals surface area contributed by atoms with E-state index in [0.29, 0.717) is 12.1 Å². The van der Waals surface area contributed by atoms with Gasteiger partial charge in [-0.1, -0.05) is 20.8 Å². The Morgan fingerprint density at radius 1 is 1.12 bits per heavy atom. The summed E-state index contributed by atoms with van der Waals surface area (Å²) in [5.41, 5.74) is 0. The zero-order valence-electron chi connectivity index (χ0n) is 12.5. The Balaban J connectivity index is 2.23. The summed E-state index contributed by atoms with van der Waals surface area (Å²) < 4.78 is 0. The lowest BCUT2D eigenvalue weighted by Gasteiger charge is -2.37. The molecule has 0 bridgehead atoms. The van der Waals surface area contributed by atoms with Gasteiger partial charge in [-0.25, -0.2) is 0 Å². The molecule has 2 unspecified atom stereocenters. The molecule has 102 valence electrons. The lowest BCUT2D eigenvalue weighted by molar-refractivity contribution is 0.119. The normalized spacial score (nSPS) is 22.9. The Kier molecular flexibility index (Phi) is 6.50. The van der Waals surface area contributed by atoms with E-state index < -0.39 is 0 Å². The van der Waals surface area contributed by atoms with Crippen molar-refractivity contribution in [2.24, 2.45) is 11.8 Å². The average molecular weight is 240 g/mol. The fraction of sp³-hybridized carbons (Fsp3) is 1.00. The monoisotopic (exact) mass is 240 g/mol. The Morgan fingerprint density at radius 3 is 2.18 bits per heavy atom. The topological polar surface area (TPSA) is 15.3 Å². The maximum atomic E-state index is 3.62. The standard InChI is InChI=1S/C15H32N2/c1-6-13(4)16-11-14(5)17-9-7-15(8-10-17)12(2)3/h12-16H,6-11H2,1-5H3. The van der Waals surface area contributed by atoms with Crippen LogP contribution in [0.3, 0.4) is 0 Å². The Morgan fingerprint density at radius 2 is 1.71 bits per heavy atom. The first kappa shape index (κ1) is 15.0. The predicted molar refractivity (Wildman–Crippen MR) is 76.4 cm³/mol. The van der Waals surface area contributed by atoms with Crippen LogP contribution < -0.4 is 5.32 Å². The number of hydrogen-bond donors (Lipinski definition) is 1. The zero-order chi connectivity index (χ0) is 12.8. The summed E-state index contributed by atoms with van der Waals surface area (Å²) >= 11 is 0. The third-order valence-corrected chi connectivity index (χ3v) is 4.51. The quantitative estimate of drug-likeness (QED) is 0.767. The van der Waals surface area contributed by atoms with Crippen LogP contribution in [0.4, 0.5) is 0 Å². The third-order valence-electron chi connectivity index (χ3n) is 4.51. The van der Waals surface area contributed by atoms with Crippen LogP contribution in [0.2, 0.25) is 0 Å². The fourth-order valence-corrected chi connectivity index (χ4v) is 2.67. The molecular formula is C15H32N2. The van der Waals surface area contributed by atoms with Gasteiger partial charge in [0, 0.05) is 18.6 Å². The first-order valence-electron chi connectivity index (χ1n) is 7.52. The highest BCUT2D eigenvalue weighted by atomic mass is 15.2. The zero-order valence-corrected chi connectivity index (χ0v) is 12.5. The van der Waals surface area contributed by atoms with Gasteiger partial charge in [-0.15, -0.1) is 0 Å². The summed E-state index contributed by atoms with van der Waals surface area (Å²) in [6.45, 7) is 15.4. The van der Waals surface area contributed by atoms with E-state index in [1.807, 2.05) is 0 Å². The lowest BCUT2D eigenvalue weighted by atomic mass is 9.86. The van der Waals surface area contributed by atoms with Gasteiger partial charge in [-0.3, -0.25) is 4.90 Å². The molecule has 1 aliphatic rings. The van der Waals surface area contributed by atoms with Crippen molar-refractivity contribution in [2.45, 2.75) is 66.0 Å². The maximum absolute atomic E-state index is 3.62. The summed E-state index contributed by atoms with van der Waals surface area (Å²) in [5, 5.41) is 3.62. The van der Waals surface area contributed by atoms with Gasteiger partial charge in [-0.2, -0.15) is 0 Å². The van der Waals surface area contributed by atoms with Crippen molar-refractivity contribution >= 4 is 0 Å². The summed E-state index contributed by atoms with van der Waals surface area (Å²) in [6.07, 6.45) is 4.01. The van der Waals surface area contributed by atoms with E-state index in [0.717, 1.165) is 18.4 Å². The van der Waals surface area contributed by atoms with Crippen LogP contribution in [0.1, 0.15) is 53.9 Å². The van der Waals surface area contributed by atoms with E-state index in [1.165, 1.54) is 32.4 Å². The lowest BCUT2D eigenvalue weighted by Crippen LogP contribution is -2.46. The smallest absolute Gasteiger partial charge is 0.0192 e. The van der Waals surface area contributed by atoms with Crippen molar-refractivity contribution in [1.29, 1.82) is 0 Å². The molecule has 0 aromatic heterocycles. The van der Waals surface area contributed by atoms with Crippen LogP contribution in [0.15, 0.2) is 0 Å². The van der Waals surface area contributed by atoms with E-state index in [4.69, 9.17) is 0 Å². The van der Waals surface area contributed by atoms with Gasteiger partial charge in [-0.05, 0) is 58.0 Å². The Bertz CT molecular complexity index is 195. The minimum atomic E-state index is 0.658. The maximum Gasteiger partial charge on any atom is 0.0192 e. The molecule has 0 spiro atoms. The molecule has 0 amide bonds. The molecule has 1 fully saturated rings. The highest BCUT2D eigenvalue weighted by Gasteiger charge is 2.24. The number of likely N-dealkylation sites (tertiary alicyclic amines) is 1. The summed E-state index contributed by atoms with van der Waals surface area (Å²) in [6, 6.07) is 1.35. The number of hydrogen-bond acceptors (Lipinski definition) is 2. The van der Waals surface area contributed by atoms with E-state index in [-0.39, 0.29) is 0 Å². The molecule has 2 atom stereocenters. The van der Waals surface area contributed by atoms with Gasteiger partial charge in [0.05, 0.1) is 0 Å². The van der Waals surface area contributed by atoms with Gasteiger partial charge >= 0.3 is 0 Å². The molecule has 1 N–H and O–H groups in total. The van der Waals surface area contributed by atoms with Crippen molar-refractivity contribution in [1.82, 2.24) is 10.2 Å². The molecule has 0 aliphatic carbocycles. The molecule has 1 rings (SSSR count). The van der Waals surface area contributed by atoms with Gasteiger partial charge in [0.1, 0.15) is 0 Å². The molecule has 1 aliphatic heterocycles. The van der Waals surface area contributed by atoms with Crippen LogP contribution >= 0.6 is 0 Å². The number of rotatable bonds is 6. The van der Waals surface area contributed by atoms with Gasteiger partial charge < -0.3 is 5.32 Å². The molecule has 0 saturated carbocycles. The molecule has 0 radical (unpaired) electrons. The summed E-state index contributed by atoms with van der Waals surface area (Å²) in [4.78, 5) is 2.66. The van der Waals surface area contributed by atoms with E-state index >= 15 is 0 Å². The van der Waals surface area contributed by atoms with Gasteiger partial charge in [0.2, 0.25) is 0 Å². The molecular weight excluding hydrogens is 208 g/mol. The number of piperidine rings is 1. The van der Waals surface area contributed by atoms with Crippen molar-refractivity contribution in [3.8, 4) is 0 Å². The van der Waals surface area contributed by atoms with E-state index in [2.05, 4.69) is 44.8 Å². The molecule has 1 heterocycles. The first-order valence-corrected chi connectivity index (χ1v) is 7.52. The third kappa shape index (κ3) is 4.97. The van der Waals surface area contributed by atoms with Crippen LogP contribution in [0, 0.1) is 11.8 Å². The molecule has 0 aromatic carbocycles. The Hall–Kier alpha value is -0.0800. The van der Waals surface area contributed by atoms with Gasteiger partial charge in [0.25, 0.3) is 0 Å². The predicted octanol–water partition coefficient (Wildman–Crippen LogP) is 3.13. The second-order valence-corrected chi connectivity index (χ2v) is 6.18. The van der Waals surface area contributed by atoms with E-state index in [9.17, 15) is 0 Å². The largest absolute Gasteiger partial charge is 0.313 e. The molecule has 0 aromatic rings. The van der Waals surface area contributed by atoms with Crippen molar-refractivity contribution < 1.29 is 0 Å².